The van der Waals surface area contributed by atoms with Gasteiger partial charge in [-0.2, -0.15) is 0 Å². The zero-order valence-electron chi connectivity index (χ0n) is 29.9. The molecule has 0 aliphatic heterocycles. The topological polar surface area (TPSA) is 159 Å². The lowest BCUT2D eigenvalue weighted by molar-refractivity contribution is -0.154. The van der Waals surface area contributed by atoms with E-state index < -0.39 is 17.5 Å². The largest absolute Gasteiger partial charge is 0.464 e. The van der Waals surface area contributed by atoms with Crippen molar-refractivity contribution in [2.24, 2.45) is 0 Å². The van der Waals surface area contributed by atoms with Gasteiger partial charge in [0.15, 0.2) is 0 Å². The summed E-state index contributed by atoms with van der Waals surface area (Å²) >= 11 is 0. The Hall–Kier alpha value is -3.53. The maximum Gasteiger partial charge on any atom is 0.356 e. The zero-order valence-corrected chi connectivity index (χ0v) is 29.9. The van der Waals surface area contributed by atoms with Gasteiger partial charge < -0.3 is 33.5 Å². The van der Waals surface area contributed by atoms with Crippen LogP contribution in [-0.2, 0) is 52.7 Å². The molecule has 0 saturated carbocycles. The summed E-state index contributed by atoms with van der Waals surface area (Å²) in [5, 5.41) is 9.09. The van der Waals surface area contributed by atoms with Gasteiger partial charge in [-0.3, -0.25) is 14.6 Å². The first-order valence-electron chi connectivity index (χ1n) is 16.6. The number of hydrogen-bond acceptors (Lipinski definition) is 14. The van der Waals surface area contributed by atoms with Crippen LogP contribution in [0.3, 0.4) is 0 Å². The first-order chi connectivity index (χ1) is 23.5. The third kappa shape index (κ3) is 17.6. The lowest BCUT2D eigenvalue weighted by Gasteiger charge is -2.23. The number of pyridine rings is 2. The van der Waals surface area contributed by atoms with Crippen molar-refractivity contribution in [2.75, 3.05) is 86.6 Å². The quantitative estimate of drug-likeness (QED) is 0.0973. The van der Waals surface area contributed by atoms with Gasteiger partial charge in [-0.25, -0.2) is 19.6 Å². The minimum absolute atomic E-state index is 0.0671. The predicted molar refractivity (Wildman–Crippen MR) is 181 cm³/mol. The molecule has 2 aromatic heterocycles. The van der Waals surface area contributed by atoms with Crippen LogP contribution in [0, 0.1) is 0 Å². The van der Waals surface area contributed by atoms with Crippen molar-refractivity contribution in [3.05, 3.63) is 58.7 Å². The van der Waals surface area contributed by atoms with Gasteiger partial charge in [0.2, 0.25) is 0 Å². The molecule has 0 aliphatic rings. The zero-order chi connectivity index (χ0) is 36.1. The number of methoxy groups -OCH3 is 2. The number of aryl methyl sites for hydroxylation is 1. The average molecular weight is 691 g/mol. The van der Waals surface area contributed by atoms with E-state index in [1.165, 1.54) is 14.2 Å². The number of hydrogen-bond donors (Lipinski definition) is 1. The van der Waals surface area contributed by atoms with Gasteiger partial charge >= 0.3 is 17.9 Å². The van der Waals surface area contributed by atoms with E-state index in [4.69, 9.17) is 33.5 Å². The smallest absolute Gasteiger partial charge is 0.356 e. The van der Waals surface area contributed by atoms with Crippen molar-refractivity contribution in [2.45, 2.75) is 59.2 Å². The highest BCUT2D eigenvalue weighted by Gasteiger charge is 2.18. The summed E-state index contributed by atoms with van der Waals surface area (Å²) in [6.07, 6.45) is 0.543. The molecule has 1 N–H and O–H groups in total. The Balaban J connectivity index is 1.87. The number of rotatable bonds is 24. The molecule has 0 saturated heterocycles. The number of ether oxygens (including phenoxy) is 6. The summed E-state index contributed by atoms with van der Waals surface area (Å²) in [5.41, 5.74) is 2.06. The number of nitrogens with zero attached hydrogens (tertiary/aromatic N) is 4. The minimum atomic E-state index is -0.582. The van der Waals surface area contributed by atoms with Crippen molar-refractivity contribution >= 4 is 17.9 Å². The van der Waals surface area contributed by atoms with Crippen LogP contribution in [0.1, 0.15) is 72.0 Å². The molecule has 0 fully saturated rings. The third-order valence-electron chi connectivity index (χ3n) is 7.05. The molecular formula is C35H54N4O10. The van der Waals surface area contributed by atoms with Crippen molar-refractivity contribution in [1.29, 1.82) is 0 Å². The fourth-order valence-corrected chi connectivity index (χ4v) is 4.66. The lowest BCUT2D eigenvalue weighted by Crippen LogP contribution is -2.32. The molecule has 0 aliphatic carbocycles. The molecule has 0 radical (unpaired) electrons. The van der Waals surface area contributed by atoms with Gasteiger partial charge in [0.05, 0.1) is 71.9 Å². The highest BCUT2D eigenvalue weighted by molar-refractivity contribution is 5.87. The second-order valence-corrected chi connectivity index (χ2v) is 12.1. The molecule has 14 nitrogen and oxygen atoms in total. The number of aliphatic hydroxyl groups is 1. The maximum atomic E-state index is 12.4. The van der Waals surface area contributed by atoms with Crippen LogP contribution >= 0.6 is 0 Å². The fourth-order valence-electron chi connectivity index (χ4n) is 4.66. The summed E-state index contributed by atoms with van der Waals surface area (Å²) in [5.74, 6) is -1.35. The lowest BCUT2D eigenvalue weighted by atomic mass is 10.1. The first-order valence-corrected chi connectivity index (χ1v) is 16.6. The van der Waals surface area contributed by atoms with Gasteiger partial charge in [-0.1, -0.05) is 13.0 Å². The molecule has 14 heteroatoms. The number of esters is 3. The van der Waals surface area contributed by atoms with E-state index in [0.29, 0.717) is 77.9 Å². The Bertz CT molecular complexity index is 1290. The summed E-state index contributed by atoms with van der Waals surface area (Å²) in [7, 11) is 2.63. The fraction of sp³-hybridized carbons (Fsp3) is 0.629. The minimum Gasteiger partial charge on any atom is -0.464 e. The van der Waals surface area contributed by atoms with Crippen molar-refractivity contribution in [3.63, 3.8) is 0 Å². The van der Waals surface area contributed by atoms with Crippen molar-refractivity contribution < 1.29 is 47.9 Å². The van der Waals surface area contributed by atoms with E-state index >= 15 is 0 Å². The number of likely N-dealkylation sites (N-methyl/N-ethyl adjacent to an activating group) is 1. The molecule has 2 heterocycles. The molecular weight excluding hydrogens is 636 g/mol. The molecule has 0 atom stereocenters. The molecule has 0 unspecified atom stereocenters. The van der Waals surface area contributed by atoms with E-state index in [-0.39, 0.29) is 37.0 Å². The van der Waals surface area contributed by atoms with Gasteiger partial charge in [0, 0.05) is 39.1 Å². The first kappa shape index (κ1) is 41.6. The van der Waals surface area contributed by atoms with Gasteiger partial charge in [-0.15, -0.1) is 0 Å². The summed E-state index contributed by atoms with van der Waals surface area (Å²) in [4.78, 5) is 49.6. The van der Waals surface area contributed by atoms with Crippen LogP contribution in [0.15, 0.2) is 30.3 Å². The molecule has 0 aromatic carbocycles. The van der Waals surface area contributed by atoms with Gasteiger partial charge in [-0.05, 0) is 63.6 Å². The maximum absolute atomic E-state index is 12.4. The highest BCUT2D eigenvalue weighted by atomic mass is 16.6. The molecule has 0 amide bonds. The standard InChI is InChI=1S/C35H54N4O10/c1-7-38(25-28-9-8-10-30(36-28)33(42)44-5)13-17-47-21-22-48-19-15-39(14-18-46-20-16-40)26-29-23-27(24-31(37-29)34(43)45-6)11-12-32(41)49-35(2,3)4/h8-10,23-24,40H,7,11-22,25-26H2,1-6H3. The van der Waals surface area contributed by atoms with E-state index in [0.717, 1.165) is 17.8 Å². The van der Waals surface area contributed by atoms with Crippen LogP contribution < -0.4 is 0 Å². The molecule has 274 valence electrons. The molecule has 0 spiro atoms. The van der Waals surface area contributed by atoms with E-state index in [2.05, 4.69) is 26.7 Å². The molecule has 0 bridgehead atoms. The molecule has 2 rings (SSSR count). The van der Waals surface area contributed by atoms with Crippen LogP contribution in [0.25, 0.3) is 0 Å². The Kier molecular flexibility index (Phi) is 19.5. The number of aliphatic hydroxyl groups excluding tert-OH is 1. The Morgan fingerprint density at radius 2 is 1.33 bits per heavy atom. The Morgan fingerprint density at radius 1 is 0.755 bits per heavy atom. The normalized spacial score (nSPS) is 11.6. The van der Waals surface area contributed by atoms with Crippen LogP contribution in [0.4, 0.5) is 0 Å². The van der Waals surface area contributed by atoms with Crippen LogP contribution in [-0.4, -0.2) is 135 Å². The predicted octanol–water partition coefficient (Wildman–Crippen LogP) is 2.69. The third-order valence-corrected chi connectivity index (χ3v) is 7.05. The summed E-state index contributed by atoms with van der Waals surface area (Å²) in [6.45, 7) is 13.4. The van der Waals surface area contributed by atoms with Crippen molar-refractivity contribution in [3.8, 4) is 0 Å². The summed E-state index contributed by atoms with van der Waals surface area (Å²) < 4.78 is 32.2. The monoisotopic (exact) mass is 690 g/mol. The van der Waals surface area contributed by atoms with E-state index in [1.54, 1.807) is 18.2 Å². The average Bonchev–Trinajstić information content (AvgIpc) is 3.08. The van der Waals surface area contributed by atoms with Crippen LogP contribution in [0.2, 0.25) is 0 Å². The highest BCUT2D eigenvalue weighted by Crippen LogP contribution is 2.15. The summed E-state index contributed by atoms with van der Waals surface area (Å²) in [6, 6.07) is 8.81. The van der Waals surface area contributed by atoms with E-state index in [9.17, 15) is 14.4 Å². The Labute approximate surface area is 290 Å². The SMILES string of the molecule is CCN(CCOCCOCCN(CCOCCO)Cc1cc(CCC(=O)OC(C)(C)C)cc(C(=O)OC)n1)Cc1cccc(C(=O)OC)n1. The van der Waals surface area contributed by atoms with E-state index in [1.807, 2.05) is 32.9 Å². The molecule has 49 heavy (non-hydrogen) atoms. The second-order valence-electron chi connectivity index (χ2n) is 12.1. The van der Waals surface area contributed by atoms with Gasteiger partial charge in [0.1, 0.15) is 17.0 Å². The molecule has 2 aromatic rings. The van der Waals surface area contributed by atoms with Crippen LogP contribution in [0.5, 0.6) is 0 Å². The second kappa shape index (κ2) is 23.0. The number of aromatic nitrogens is 2. The van der Waals surface area contributed by atoms with Crippen molar-refractivity contribution in [1.82, 2.24) is 19.8 Å². The van der Waals surface area contributed by atoms with Gasteiger partial charge in [0.25, 0.3) is 0 Å². The Morgan fingerprint density at radius 3 is 1.92 bits per heavy atom. The number of carbonyl (C=O) groups excluding carboxylic acids is 3. The number of carbonyl (C=O) groups is 3.